The number of nitrogens with zero attached hydrogens (tertiary/aromatic N) is 3. The van der Waals surface area contributed by atoms with Crippen molar-refractivity contribution >= 4 is 21.6 Å². The van der Waals surface area contributed by atoms with E-state index in [0.29, 0.717) is 27.9 Å². The van der Waals surface area contributed by atoms with Crippen LogP contribution < -0.4 is 4.74 Å². The third-order valence-corrected chi connectivity index (χ3v) is 3.56. The first-order valence-corrected chi connectivity index (χ1v) is 6.82. The first kappa shape index (κ1) is 13.0. The van der Waals surface area contributed by atoms with Crippen molar-refractivity contribution in [1.82, 2.24) is 10.1 Å². The third kappa shape index (κ3) is 2.79. The molecule has 1 aliphatic rings. The van der Waals surface area contributed by atoms with Crippen LogP contribution in [-0.2, 0) is 6.61 Å². The van der Waals surface area contributed by atoms with Gasteiger partial charge in [0.05, 0.1) is 15.5 Å². The first-order valence-electron chi connectivity index (χ1n) is 6.02. The van der Waals surface area contributed by atoms with E-state index in [-0.39, 0.29) is 12.3 Å². The molecule has 20 heavy (non-hydrogen) atoms. The number of nitro groups is 1. The van der Waals surface area contributed by atoms with Crippen LogP contribution >= 0.6 is 15.9 Å². The summed E-state index contributed by atoms with van der Waals surface area (Å²) in [5.74, 6) is 1.86. The van der Waals surface area contributed by atoms with Gasteiger partial charge in [0.2, 0.25) is 0 Å². The number of ether oxygens (including phenoxy) is 1. The maximum Gasteiger partial charge on any atom is 0.273 e. The van der Waals surface area contributed by atoms with E-state index in [1.54, 1.807) is 6.07 Å². The minimum atomic E-state index is -0.475. The van der Waals surface area contributed by atoms with Crippen molar-refractivity contribution in [2.24, 2.45) is 0 Å². The molecule has 1 aliphatic carbocycles. The third-order valence-electron chi connectivity index (χ3n) is 2.90. The smallest absolute Gasteiger partial charge is 0.273 e. The molecule has 0 aliphatic heterocycles. The lowest BCUT2D eigenvalue weighted by Gasteiger charge is -2.05. The topological polar surface area (TPSA) is 91.3 Å². The number of nitro benzene ring substituents is 1. The molecule has 7 nitrogen and oxygen atoms in total. The summed E-state index contributed by atoms with van der Waals surface area (Å²) < 4.78 is 11.2. The zero-order valence-electron chi connectivity index (χ0n) is 10.3. The summed E-state index contributed by atoms with van der Waals surface area (Å²) in [7, 11) is 0. The molecule has 3 rings (SSSR count). The number of non-ortho nitro benzene ring substituents is 1. The normalized spacial score (nSPS) is 14.2. The van der Waals surface area contributed by atoms with Gasteiger partial charge in [-0.3, -0.25) is 10.1 Å². The van der Waals surface area contributed by atoms with Crippen LogP contribution in [0.4, 0.5) is 5.69 Å². The Balaban J connectivity index is 1.70. The van der Waals surface area contributed by atoms with Crippen molar-refractivity contribution < 1.29 is 14.2 Å². The standard InChI is InChI=1S/C12H10BrN3O4/c13-9-4-3-8(16(17)18)5-10(9)19-6-11-14-12(15-20-11)7-1-2-7/h3-5,7H,1-2,6H2. The van der Waals surface area contributed by atoms with Crippen molar-refractivity contribution in [3.8, 4) is 5.75 Å². The van der Waals surface area contributed by atoms with Crippen LogP contribution in [0.3, 0.4) is 0 Å². The highest BCUT2D eigenvalue weighted by atomic mass is 79.9. The second-order valence-corrected chi connectivity index (χ2v) is 5.34. The van der Waals surface area contributed by atoms with Gasteiger partial charge in [-0.1, -0.05) is 5.16 Å². The lowest BCUT2D eigenvalue weighted by Crippen LogP contribution is -1.98. The molecule has 104 valence electrons. The minimum Gasteiger partial charge on any atom is -0.482 e. The van der Waals surface area contributed by atoms with E-state index in [1.807, 2.05) is 0 Å². The molecule has 1 saturated carbocycles. The SMILES string of the molecule is O=[N+]([O-])c1ccc(Br)c(OCc2nc(C3CC3)no2)c1. The molecule has 1 aromatic carbocycles. The number of hydrogen-bond acceptors (Lipinski definition) is 6. The van der Waals surface area contributed by atoms with E-state index >= 15 is 0 Å². The second kappa shape index (κ2) is 5.20. The molecule has 0 bridgehead atoms. The van der Waals surface area contributed by atoms with Gasteiger partial charge in [-0.15, -0.1) is 0 Å². The van der Waals surface area contributed by atoms with E-state index in [4.69, 9.17) is 9.26 Å². The molecule has 0 N–H and O–H groups in total. The van der Waals surface area contributed by atoms with Crippen LogP contribution in [0.25, 0.3) is 0 Å². The Hall–Kier alpha value is -1.96. The van der Waals surface area contributed by atoms with Crippen molar-refractivity contribution in [3.63, 3.8) is 0 Å². The Bertz CT molecular complexity index is 654. The Labute approximate surface area is 122 Å². The fourth-order valence-corrected chi connectivity index (χ4v) is 2.05. The minimum absolute atomic E-state index is 0.0348. The van der Waals surface area contributed by atoms with E-state index in [1.165, 1.54) is 12.1 Å². The van der Waals surface area contributed by atoms with E-state index in [9.17, 15) is 10.1 Å². The van der Waals surface area contributed by atoms with Crippen molar-refractivity contribution in [3.05, 3.63) is 44.5 Å². The molecule has 8 heteroatoms. The Morgan fingerprint density at radius 2 is 2.30 bits per heavy atom. The highest BCUT2D eigenvalue weighted by molar-refractivity contribution is 9.10. The monoisotopic (exact) mass is 339 g/mol. The van der Waals surface area contributed by atoms with Crippen molar-refractivity contribution in [2.45, 2.75) is 25.4 Å². The molecule has 1 heterocycles. The van der Waals surface area contributed by atoms with Gasteiger partial charge in [-0.2, -0.15) is 4.98 Å². The molecular weight excluding hydrogens is 330 g/mol. The lowest BCUT2D eigenvalue weighted by atomic mass is 10.3. The summed E-state index contributed by atoms with van der Waals surface area (Å²) in [5, 5.41) is 14.6. The zero-order chi connectivity index (χ0) is 14.1. The highest BCUT2D eigenvalue weighted by Crippen LogP contribution is 2.38. The van der Waals surface area contributed by atoms with E-state index < -0.39 is 4.92 Å². The van der Waals surface area contributed by atoms with Gasteiger partial charge in [0.25, 0.3) is 11.6 Å². The van der Waals surface area contributed by atoms with Crippen LogP contribution in [-0.4, -0.2) is 15.1 Å². The van der Waals surface area contributed by atoms with Gasteiger partial charge in [0.1, 0.15) is 5.75 Å². The predicted octanol–water partition coefficient (Wildman–Crippen LogP) is 3.20. The molecule has 0 unspecified atom stereocenters. The zero-order valence-corrected chi connectivity index (χ0v) is 11.9. The highest BCUT2D eigenvalue weighted by Gasteiger charge is 2.28. The van der Waals surface area contributed by atoms with Gasteiger partial charge < -0.3 is 9.26 Å². The van der Waals surface area contributed by atoms with Crippen LogP contribution in [0.1, 0.15) is 30.5 Å². The van der Waals surface area contributed by atoms with Gasteiger partial charge in [0.15, 0.2) is 12.4 Å². The second-order valence-electron chi connectivity index (χ2n) is 4.48. The maximum absolute atomic E-state index is 10.7. The molecule has 1 aromatic heterocycles. The molecule has 0 radical (unpaired) electrons. The summed E-state index contributed by atoms with van der Waals surface area (Å²) in [6.45, 7) is 0.0828. The largest absolute Gasteiger partial charge is 0.482 e. The first-order chi connectivity index (χ1) is 9.63. The summed E-state index contributed by atoms with van der Waals surface area (Å²) in [5.41, 5.74) is -0.0348. The Kier molecular flexibility index (Phi) is 3.39. The number of aromatic nitrogens is 2. The van der Waals surface area contributed by atoms with Crippen LogP contribution in [0.15, 0.2) is 27.2 Å². The Morgan fingerprint density at radius 1 is 1.50 bits per heavy atom. The van der Waals surface area contributed by atoms with Gasteiger partial charge in [-0.25, -0.2) is 0 Å². The quantitative estimate of drug-likeness (QED) is 0.613. The summed E-state index contributed by atoms with van der Waals surface area (Å²) in [6, 6.07) is 4.31. The van der Waals surface area contributed by atoms with Gasteiger partial charge in [-0.05, 0) is 34.8 Å². The Morgan fingerprint density at radius 3 is 3.00 bits per heavy atom. The molecule has 0 spiro atoms. The average Bonchev–Trinajstić information content (AvgIpc) is 3.17. The fraction of sp³-hybridized carbons (Fsp3) is 0.333. The van der Waals surface area contributed by atoms with Crippen LogP contribution in [0, 0.1) is 10.1 Å². The maximum atomic E-state index is 10.7. The van der Waals surface area contributed by atoms with Crippen LogP contribution in [0.2, 0.25) is 0 Å². The van der Waals surface area contributed by atoms with Gasteiger partial charge in [0, 0.05) is 12.0 Å². The number of halogens is 1. The summed E-state index contributed by atoms with van der Waals surface area (Å²) in [6.07, 6.45) is 2.19. The molecule has 0 saturated heterocycles. The average molecular weight is 340 g/mol. The molecule has 0 amide bonds. The molecule has 0 atom stereocenters. The molecule has 1 fully saturated rings. The van der Waals surface area contributed by atoms with Gasteiger partial charge >= 0.3 is 0 Å². The molecular formula is C12H10BrN3O4. The number of benzene rings is 1. The van der Waals surface area contributed by atoms with Crippen molar-refractivity contribution in [1.29, 1.82) is 0 Å². The van der Waals surface area contributed by atoms with E-state index in [0.717, 1.165) is 12.8 Å². The fourth-order valence-electron chi connectivity index (χ4n) is 1.69. The number of hydrogen-bond donors (Lipinski definition) is 0. The summed E-state index contributed by atoms with van der Waals surface area (Å²) in [4.78, 5) is 14.5. The van der Waals surface area contributed by atoms with E-state index in [2.05, 4.69) is 26.1 Å². The van der Waals surface area contributed by atoms with Crippen molar-refractivity contribution in [2.75, 3.05) is 0 Å². The number of rotatable bonds is 5. The summed E-state index contributed by atoms with van der Waals surface area (Å²) >= 11 is 3.28. The van der Waals surface area contributed by atoms with Crippen LogP contribution in [0.5, 0.6) is 5.75 Å². The predicted molar refractivity (Wildman–Crippen MR) is 71.4 cm³/mol. The lowest BCUT2D eigenvalue weighted by molar-refractivity contribution is -0.385. The molecule has 2 aromatic rings.